The van der Waals surface area contributed by atoms with Crippen molar-refractivity contribution >= 4 is 11.6 Å². The molecule has 0 spiro atoms. The van der Waals surface area contributed by atoms with Gasteiger partial charge in [0, 0.05) is 32.7 Å². The Kier molecular flexibility index (Phi) is 7.93. The van der Waals surface area contributed by atoms with Gasteiger partial charge in [-0.25, -0.2) is 0 Å². The van der Waals surface area contributed by atoms with Crippen LogP contribution in [-0.2, 0) is 43.9 Å². The van der Waals surface area contributed by atoms with Crippen LogP contribution in [0.1, 0.15) is 30.0 Å². The molecule has 0 bridgehead atoms. The first-order chi connectivity index (χ1) is 11.4. The van der Waals surface area contributed by atoms with Gasteiger partial charge < -0.3 is 10.4 Å². The molecule has 5 nitrogen and oxygen atoms in total. The summed E-state index contributed by atoms with van der Waals surface area (Å²) in [5.74, 6) is -0.519. The Balaban J connectivity index is 0.00000312. The van der Waals surface area contributed by atoms with Gasteiger partial charge in [-0.15, -0.1) is 24.3 Å². The molecule has 1 amide bonds. The molecular formula is C19H16N3O2Y-. The smallest absolute Gasteiger partial charge is 0.247 e. The summed E-state index contributed by atoms with van der Waals surface area (Å²) < 4.78 is 0. The number of aliphatic hydroxyl groups is 1. The zero-order valence-electron chi connectivity index (χ0n) is 13.8. The largest absolute Gasteiger partial charge is 0.380 e. The van der Waals surface area contributed by atoms with Crippen LogP contribution in [0.15, 0.2) is 42.5 Å². The molecule has 0 fully saturated rings. The molecule has 2 rings (SSSR count). The number of benzene rings is 2. The van der Waals surface area contributed by atoms with Crippen LogP contribution in [0.5, 0.6) is 0 Å². The van der Waals surface area contributed by atoms with Crippen LogP contribution in [0.4, 0.5) is 5.69 Å². The molecule has 123 valence electrons. The first kappa shape index (κ1) is 21.0. The molecule has 1 atom stereocenters. The van der Waals surface area contributed by atoms with Crippen molar-refractivity contribution in [2.75, 3.05) is 5.32 Å². The quantitative estimate of drug-likeness (QED) is 0.745. The summed E-state index contributed by atoms with van der Waals surface area (Å²) in [6.07, 6.45) is 0.746. The van der Waals surface area contributed by atoms with Crippen molar-refractivity contribution in [1.82, 2.24) is 0 Å². The van der Waals surface area contributed by atoms with Crippen molar-refractivity contribution < 1.29 is 42.6 Å². The van der Waals surface area contributed by atoms with Crippen LogP contribution in [0.3, 0.4) is 0 Å². The molecule has 0 heterocycles. The number of carbonyl (C=O) groups excluding carboxylic acids is 1. The van der Waals surface area contributed by atoms with Gasteiger partial charge in [-0.2, -0.15) is 5.26 Å². The number of aryl methyl sites for hydroxylation is 1. The van der Waals surface area contributed by atoms with E-state index in [-0.39, 0.29) is 39.1 Å². The molecule has 0 aliphatic heterocycles. The molecule has 0 aromatic heterocycles. The van der Waals surface area contributed by atoms with Crippen LogP contribution in [0.2, 0.25) is 0 Å². The Morgan fingerprint density at radius 1 is 1.20 bits per heavy atom. The number of nitriles is 2. The molecule has 0 aliphatic carbocycles. The normalized spacial score (nSPS) is 12.0. The average molecular weight is 407 g/mol. The second kappa shape index (κ2) is 9.44. The van der Waals surface area contributed by atoms with Gasteiger partial charge in [0.1, 0.15) is 5.60 Å². The molecule has 0 aliphatic rings. The van der Waals surface area contributed by atoms with Gasteiger partial charge in [0.05, 0.1) is 11.6 Å². The van der Waals surface area contributed by atoms with E-state index >= 15 is 0 Å². The van der Waals surface area contributed by atoms with Gasteiger partial charge in [-0.3, -0.25) is 10.1 Å². The van der Waals surface area contributed by atoms with E-state index < -0.39 is 11.5 Å². The fourth-order valence-electron chi connectivity index (χ4n) is 2.09. The molecular weight excluding hydrogens is 391 g/mol. The third-order valence-corrected chi connectivity index (χ3v) is 3.66. The maximum absolute atomic E-state index is 12.2. The van der Waals surface area contributed by atoms with Crippen LogP contribution >= 0.6 is 0 Å². The summed E-state index contributed by atoms with van der Waals surface area (Å²) in [5, 5.41) is 30.5. The zero-order valence-corrected chi connectivity index (χ0v) is 16.6. The van der Waals surface area contributed by atoms with Gasteiger partial charge >= 0.3 is 0 Å². The third-order valence-electron chi connectivity index (χ3n) is 3.66. The molecule has 1 radical (unpaired) electrons. The second-order valence-electron chi connectivity index (χ2n) is 5.64. The van der Waals surface area contributed by atoms with E-state index in [0.717, 1.165) is 5.56 Å². The summed E-state index contributed by atoms with van der Waals surface area (Å²) in [4.78, 5) is 12.2. The predicted molar refractivity (Wildman–Crippen MR) is 88.7 cm³/mol. The number of anilines is 1. The first-order valence-corrected chi connectivity index (χ1v) is 7.39. The van der Waals surface area contributed by atoms with Gasteiger partial charge in [-0.05, 0) is 49.2 Å². The van der Waals surface area contributed by atoms with Crippen LogP contribution < -0.4 is 5.32 Å². The average Bonchev–Trinajstić information content (AvgIpc) is 2.61. The topological polar surface area (TPSA) is 96.9 Å². The Hall–Kier alpha value is -2.05. The van der Waals surface area contributed by atoms with E-state index in [0.29, 0.717) is 23.2 Å². The fraction of sp³-hybridized carbons (Fsp3) is 0.211. The van der Waals surface area contributed by atoms with Crippen molar-refractivity contribution in [2.45, 2.75) is 25.4 Å². The Morgan fingerprint density at radius 3 is 2.40 bits per heavy atom. The van der Waals surface area contributed by atoms with E-state index in [9.17, 15) is 9.90 Å². The number of hydrogen-bond acceptors (Lipinski definition) is 4. The van der Waals surface area contributed by atoms with Crippen molar-refractivity contribution in [3.63, 3.8) is 0 Å². The summed E-state index contributed by atoms with van der Waals surface area (Å²) in [7, 11) is 0. The number of hydrogen-bond donors (Lipinski definition) is 2. The molecule has 2 aromatic carbocycles. The maximum atomic E-state index is 12.2. The Labute approximate surface area is 172 Å². The van der Waals surface area contributed by atoms with Crippen LogP contribution in [0, 0.1) is 28.7 Å². The van der Waals surface area contributed by atoms with Gasteiger partial charge in [0.15, 0.2) is 0 Å². The second-order valence-corrected chi connectivity index (χ2v) is 5.64. The minimum absolute atomic E-state index is 0. The van der Waals surface area contributed by atoms with Crippen molar-refractivity contribution in [1.29, 1.82) is 10.5 Å². The summed E-state index contributed by atoms with van der Waals surface area (Å²) in [5.41, 5.74) is 0.814. The number of amides is 1. The van der Waals surface area contributed by atoms with E-state index in [4.69, 9.17) is 10.5 Å². The number of nitrogens with one attached hydrogen (secondary N) is 1. The monoisotopic (exact) mass is 407 g/mol. The third kappa shape index (κ3) is 6.07. The molecule has 0 saturated carbocycles. The minimum Gasteiger partial charge on any atom is -0.380 e. The van der Waals surface area contributed by atoms with Crippen LogP contribution in [-0.4, -0.2) is 16.6 Å². The Morgan fingerprint density at radius 2 is 1.88 bits per heavy atom. The molecule has 0 unspecified atom stereocenters. The zero-order chi connectivity index (χ0) is 17.6. The molecule has 0 saturated heterocycles. The van der Waals surface area contributed by atoms with Crippen molar-refractivity contribution in [3.8, 4) is 12.1 Å². The number of nitrogens with zero attached hydrogens (tertiary/aromatic N) is 2. The molecule has 2 aromatic rings. The van der Waals surface area contributed by atoms with Gasteiger partial charge in [-0.1, -0.05) is 17.7 Å². The standard InChI is InChI=1S/C19H16N3O2.Y/c1-19(24,11-10-14-2-4-15(12-20)5-3-14)18(23)22-17-8-6-16(13-21)7-9-17;/h2-6,8-9,24H,10-11H2,1H3,(H,22,23);/q-1;/t19-;/m0./s1. The molecule has 6 heteroatoms. The SMILES string of the molecule is C[C@](O)(CCc1ccc(C#N)cc1)C(=O)Nc1c[c-]c(C#N)cc1.[Y]. The van der Waals surface area contributed by atoms with E-state index in [1.165, 1.54) is 13.0 Å². The Bertz CT molecular complexity index is 801. The summed E-state index contributed by atoms with van der Waals surface area (Å²) >= 11 is 0. The predicted octanol–water partition coefficient (Wildman–Crippen LogP) is 2.55. The van der Waals surface area contributed by atoms with E-state index in [2.05, 4.69) is 11.4 Å². The maximum Gasteiger partial charge on any atom is 0.247 e. The minimum atomic E-state index is -1.54. The first-order valence-electron chi connectivity index (χ1n) is 7.39. The summed E-state index contributed by atoms with van der Waals surface area (Å²) in [6, 6.07) is 18.4. The van der Waals surface area contributed by atoms with Gasteiger partial charge in [0.2, 0.25) is 5.91 Å². The number of rotatable bonds is 5. The van der Waals surface area contributed by atoms with Gasteiger partial charge in [0.25, 0.3) is 0 Å². The van der Waals surface area contributed by atoms with Crippen molar-refractivity contribution in [2.24, 2.45) is 0 Å². The molecule has 25 heavy (non-hydrogen) atoms. The molecule has 2 N–H and O–H groups in total. The number of carbonyl (C=O) groups is 1. The van der Waals surface area contributed by atoms with Crippen molar-refractivity contribution in [3.05, 3.63) is 65.2 Å². The fourth-order valence-corrected chi connectivity index (χ4v) is 2.09. The van der Waals surface area contributed by atoms with E-state index in [1.807, 2.05) is 24.3 Å². The van der Waals surface area contributed by atoms with E-state index in [1.54, 1.807) is 24.3 Å². The van der Waals surface area contributed by atoms with Crippen LogP contribution in [0.25, 0.3) is 0 Å². The summed E-state index contributed by atoms with van der Waals surface area (Å²) in [6.45, 7) is 1.46.